The SMILES string of the molecule is Nc1ccc(Br)c(C(=O)N[C@@H]2c3ccccc3C[C@@H]2O)c1. The van der Waals surface area contributed by atoms with E-state index in [1.165, 1.54) is 0 Å². The third kappa shape index (κ3) is 2.66. The number of nitrogen functional groups attached to an aromatic ring is 1. The Labute approximate surface area is 131 Å². The van der Waals surface area contributed by atoms with Gasteiger partial charge in [-0.1, -0.05) is 24.3 Å². The highest BCUT2D eigenvalue weighted by Gasteiger charge is 2.32. The molecule has 1 aliphatic carbocycles. The molecule has 1 amide bonds. The Morgan fingerprint density at radius 2 is 2.05 bits per heavy atom. The number of fused-ring (bicyclic) bond motifs is 1. The van der Waals surface area contributed by atoms with Gasteiger partial charge in [0.15, 0.2) is 0 Å². The molecule has 0 fully saturated rings. The predicted octanol–water partition coefficient (Wildman–Crippen LogP) is 2.42. The highest BCUT2D eigenvalue weighted by molar-refractivity contribution is 9.10. The van der Waals surface area contributed by atoms with Crippen molar-refractivity contribution in [2.45, 2.75) is 18.6 Å². The van der Waals surface area contributed by atoms with Gasteiger partial charge in [-0.3, -0.25) is 4.79 Å². The summed E-state index contributed by atoms with van der Waals surface area (Å²) in [6, 6.07) is 12.4. The van der Waals surface area contributed by atoms with Crippen LogP contribution in [0.2, 0.25) is 0 Å². The standard InChI is InChI=1S/C16H15BrN2O2/c17-13-6-5-10(18)8-12(13)16(21)19-15-11-4-2-1-3-9(11)7-14(15)20/h1-6,8,14-15,20H,7,18H2,(H,19,21)/t14-,15+/m0/s1. The molecule has 0 bridgehead atoms. The lowest BCUT2D eigenvalue weighted by Crippen LogP contribution is -2.34. The maximum Gasteiger partial charge on any atom is 0.253 e. The van der Waals surface area contributed by atoms with Crippen LogP contribution in [0.5, 0.6) is 0 Å². The number of benzene rings is 2. The summed E-state index contributed by atoms with van der Waals surface area (Å²) in [5.41, 5.74) is 8.76. The summed E-state index contributed by atoms with van der Waals surface area (Å²) >= 11 is 3.35. The maximum atomic E-state index is 12.4. The molecule has 4 N–H and O–H groups in total. The van der Waals surface area contributed by atoms with Crippen LogP contribution in [0.15, 0.2) is 46.9 Å². The molecule has 3 rings (SSSR count). The molecule has 1 aliphatic rings. The topological polar surface area (TPSA) is 75.4 Å². The van der Waals surface area contributed by atoms with Gasteiger partial charge in [-0.05, 0) is 45.3 Å². The molecule has 0 spiro atoms. The van der Waals surface area contributed by atoms with Gasteiger partial charge in [0.2, 0.25) is 0 Å². The van der Waals surface area contributed by atoms with Gasteiger partial charge in [0.05, 0.1) is 17.7 Å². The van der Waals surface area contributed by atoms with E-state index in [-0.39, 0.29) is 11.9 Å². The van der Waals surface area contributed by atoms with E-state index in [1.807, 2.05) is 24.3 Å². The van der Waals surface area contributed by atoms with E-state index in [1.54, 1.807) is 18.2 Å². The number of anilines is 1. The van der Waals surface area contributed by atoms with Gasteiger partial charge in [0, 0.05) is 16.6 Å². The van der Waals surface area contributed by atoms with E-state index >= 15 is 0 Å². The zero-order chi connectivity index (χ0) is 15.0. The van der Waals surface area contributed by atoms with E-state index in [2.05, 4.69) is 21.2 Å². The minimum atomic E-state index is -0.605. The molecule has 2 atom stereocenters. The zero-order valence-electron chi connectivity index (χ0n) is 11.2. The van der Waals surface area contributed by atoms with Gasteiger partial charge in [-0.25, -0.2) is 0 Å². The number of aliphatic hydroxyl groups is 1. The molecule has 0 aromatic heterocycles. The summed E-state index contributed by atoms with van der Waals surface area (Å²) in [5.74, 6) is -0.255. The van der Waals surface area contributed by atoms with Crippen LogP contribution >= 0.6 is 15.9 Å². The molecule has 0 heterocycles. The monoisotopic (exact) mass is 346 g/mol. The first-order valence-corrected chi connectivity index (χ1v) is 7.47. The molecule has 0 saturated carbocycles. The summed E-state index contributed by atoms with van der Waals surface area (Å²) in [4.78, 5) is 12.4. The van der Waals surface area contributed by atoms with Gasteiger partial charge in [-0.2, -0.15) is 0 Å². The Kier molecular flexibility index (Phi) is 3.69. The first kappa shape index (κ1) is 14.1. The van der Waals surface area contributed by atoms with Crippen LogP contribution in [0, 0.1) is 0 Å². The zero-order valence-corrected chi connectivity index (χ0v) is 12.8. The molecule has 5 heteroatoms. The van der Waals surface area contributed by atoms with E-state index in [0.29, 0.717) is 22.1 Å². The van der Waals surface area contributed by atoms with E-state index in [9.17, 15) is 9.90 Å². The first-order chi connectivity index (χ1) is 10.1. The van der Waals surface area contributed by atoms with Crippen LogP contribution in [0.25, 0.3) is 0 Å². The maximum absolute atomic E-state index is 12.4. The highest BCUT2D eigenvalue weighted by atomic mass is 79.9. The van der Waals surface area contributed by atoms with E-state index < -0.39 is 6.10 Å². The highest BCUT2D eigenvalue weighted by Crippen LogP contribution is 2.32. The van der Waals surface area contributed by atoms with Crippen LogP contribution < -0.4 is 11.1 Å². The Hall–Kier alpha value is -1.85. The summed E-state index contributed by atoms with van der Waals surface area (Å²) in [5, 5.41) is 13.1. The van der Waals surface area contributed by atoms with Gasteiger partial charge >= 0.3 is 0 Å². The molecular formula is C16H15BrN2O2. The molecule has 0 unspecified atom stereocenters. The number of rotatable bonds is 2. The molecular weight excluding hydrogens is 332 g/mol. The Morgan fingerprint density at radius 1 is 1.29 bits per heavy atom. The van der Waals surface area contributed by atoms with Crippen LogP contribution in [0.3, 0.4) is 0 Å². The van der Waals surface area contributed by atoms with Gasteiger partial charge in [0.25, 0.3) is 5.91 Å². The number of hydrogen-bond donors (Lipinski definition) is 3. The summed E-state index contributed by atoms with van der Waals surface area (Å²) in [6.07, 6.45) is -0.0506. The van der Waals surface area contributed by atoms with Crippen molar-refractivity contribution in [2.75, 3.05) is 5.73 Å². The van der Waals surface area contributed by atoms with Crippen molar-refractivity contribution in [2.24, 2.45) is 0 Å². The lowest BCUT2D eigenvalue weighted by Gasteiger charge is -2.18. The molecule has 4 nitrogen and oxygen atoms in total. The average Bonchev–Trinajstić information content (AvgIpc) is 2.78. The number of amides is 1. The first-order valence-electron chi connectivity index (χ1n) is 6.68. The van der Waals surface area contributed by atoms with Crippen LogP contribution in [-0.4, -0.2) is 17.1 Å². The fraction of sp³-hybridized carbons (Fsp3) is 0.188. The number of hydrogen-bond acceptors (Lipinski definition) is 3. The van der Waals surface area contributed by atoms with Crippen molar-refractivity contribution in [3.8, 4) is 0 Å². The molecule has 108 valence electrons. The van der Waals surface area contributed by atoms with Gasteiger partial charge in [0.1, 0.15) is 0 Å². The minimum absolute atomic E-state index is 0.255. The van der Waals surface area contributed by atoms with Crippen molar-refractivity contribution in [1.82, 2.24) is 5.32 Å². The fourth-order valence-electron chi connectivity index (χ4n) is 2.68. The predicted molar refractivity (Wildman–Crippen MR) is 84.9 cm³/mol. The van der Waals surface area contributed by atoms with Crippen molar-refractivity contribution in [3.05, 3.63) is 63.6 Å². The number of nitrogens with one attached hydrogen (secondary N) is 1. The second-order valence-electron chi connectivity index (χ2n) is 5.16. The fourth-order valence-corrected chi connectivity index (χ4v) is 3.11. The number of halogens is 1. The quantitative estimate of drug-likeness (QED) is 0.731. The van der Waals surface area contributed by atoms with Gasteiger partial charge < -0.3 is 16.2 Å². The number of carbonyl (C=O) groups is 1. The minimum Gasteiger partial charge on any atom is -0.399 e. The van der Waals surface area contributed by atoms with Crippen LogP contribution in [0.1, 0.15) is 27.5 Å². The third-order valence-electron chi connectivity index (χ3n) is 3.73. The largest absolute Gasteiger partial charge is 0.399 e. The van der Waals surface area contributed by atoms with Gasteiger partial charge in [-0.15, -0.1) is 0 Å². The summed E-state index contributed by atoms with van der Waals surface area (Å²) in [6.45, 7) is 0. The third-order valence-corrected chi connectivity index (χ3v) is 4.42. The van der Waals surface area contributed by atoms with Crippen molar-refractivity contribution >= 4 is 27.5 Å². The lowest BCUT2D eigenvalue weighted by molar-refractivity contribution is 0.0857. The lowest BCUT2D eigenvalue weighted by atomic mass is 10.1. The van der Waals surface area contributed by atoms with E-state index in [4.69, 9.17) is 5.73 Å². The second kappa shape index (κ2) is 5.50. The number of carbonyl (C=O) groups excluding carboxylic acids is 1. The smallest absolute Gasteiger partial charge is 0.253 e. The number of aliphatic hydroxyl groups excluding tert-OH is 1. The molecule has 0 aliphatic heterocycles. The molecule has 0 radical (unpaired) electrons. The van der Waals surface area contributed by atoms with Crippen LogP contribution in [-0.2, 0) is 6.42 Å². The molecule has 2 aromatic rings. The van der Waals surface area contributed by atoms with E-state index in [0.717, 1.165) is 11.1 Å². The molecule has 21 heavy (non-hydrogen) atoms. The van der Waals surface area contributed by atoms with Crippen molar-refractivity contribution < 1.29 is 9.90 Å². The summed E-state index contributed by atoms with van der Waals surface area (Å²) < 4.78 is 0.676. The second-order valence-corrected chi connectivity index (χ2v) is 6.02. The Bertz CT molecular complexity index is 702. The molecule has 0 saturated heterocycles. The Balaban J connectivity index is 1.87. The number of nitrogens with two attached hydrogens (primary N) is 1. The van der Waals surface area contributed by atoms with Crippen molar-refractivity contribution in [3.63, 3.8) is 0 Å². The molecule has 2 aromatic carbocycles. The summed E-state index contributed by atoms with van der Waals surface area (Å²) in [7, 11) is 0. The average molecular weight is 347 g/mol. The Morgan fingerprint density at radius 3 is 2.86 bits per heavy atom. The van der Waals surface area contributed by atoms with Crippen molar-refractivity contribution in [1.29, 1.82) is 0 Å². The van der Waals surface area contributed by atoms with Crippen LogP contribution in [0.4, 0.5) is 5.69 Å². The normalized spacial score (nSPS) is 20.1.